The smallest absolute Gasteiger partial charge is 0.331 e. The number of hydrogen-bond acceptors (Lipinski definition) is 10. The number of fused-ring (bicyclic) bond motifs is 4. The molecule has 5 rings (SSSR count). The van der Waals surface area contributed by atoms with Crippen LogP contribution in [0.5, 0.6) is 0 Å². The Balaban J connectivity index is 1.96. The van der Waals surface area contributed by atoms with Crippen LogP contribution in [0.1, 0.15) is 50.5 Å². The van der Waals surface area contributed by atoms with Crippen LogP contribution in [0.3, 0.4) is 0 Å². The highest BCUT2D eigenvalue weighted by Crippen LogP contribution is 2.68. The third-order valence-corrected chi connectivity index (χ3v) is 6.95. The van der Waals surface area contributed by atoms with E-state index in [-0.39, 0.29) is 35.5 Å². The molecule has 1 saturated heterocycles. The Kier molecular flexibility index (Phi) is 4.70. The zero-order valence-corrected chi connectivity index (χ0v) is 18.7. The molecule has 2 N–H and O–H groups in total. The normalized spacial score (nSPS) is 26.9. The van der Waals surface area contributed by atoms with Crippen LogP contribution in [0.25, 0.3) is 0 Å². The molecule has 3 aliphatic rings. The first-order chi connectivity index (χ1) is 16.6. The van der Waals surface area contributed by atoms with Gasteiger partial charge in [-0.15, -0.1) is 0 Å². The van der Waals surface area contributed by atoms with E-state index in [1.165, 1.54) is 62.4 Å². The van der Waals surface area contributed by atoms with E-state index in [9.17, 15) is 34.2 Å². The second kappa shape index (κ2) is 7.14. The number of rotatable bonds is 4. The third-order valence-electron chi connectivity index (χ3n) is 6.95. The van der Waals surface area contributed by atoms with Crippen LogP contribution in [-0.2, 0) is 29.6 Å². The Hall–Kier alpha value is -3.73. The van der Waals surface area contributed by atoms with Crippen molar-refractivity contribution in [3.05, 3.63) is 70.8 Å². The summed E-state index contributed by atoms with van der Waals surface area (Å²) < 4.78 is 16.0. The van der Waals surface area contributed by atoms with Crippen molar-refractivity contribution >= 4 is 29.3 Å². The lowest BCUT2D eigenvalue weighted by Gasteiger charge is -2.40. The van der Waals surface area contributed by atoms with Gasteiger partial charge in [-0.25, -0.2) is 0 Å². The van der Waals surface area contributed by atoms with Crippen molar-refractivity contribution in [3.8, 4) is 0 Å². The molecule has 1 heterocycles. The van der Waals surface area contributed by atoms with Crippen LogP contribution in [0, 0.1) is 5.41 Å². The summed E-state index contributed by atoms with van der Waals surface area (Å²) in [7, 11) is 0. The van der Waals surface area contributed by atoms with Crippen molar-refractivity contribution in [2.24, 2.45) is 5.41 Å². The van der Waals surface area contributed by atoms with Crippen molar-refractivity contribution in [2.75, 3.05) is 13.2 Å². The lowest BCUT2D eigenvalue weighted by Crippen LogP contribution is -2.72. The lowest BCUT2D eigenvalue weighted by molar-refractivity contribution is -0.258. The van der Waals surface area contributed by atoms with Crippen LogP contribution in [0.15, 0.2) is 48.5 Å². The fraction of sp³-hybridized carbons (Fsp3) is 0.320. The molecule has 2 atom stereocenters. The van der Waals surface area contributed by atoms with Gasteiger partial charge in [0.25, 0.3) is 0 Å². The second-order valence-corrected chi connectivity index (χ2v) is 8.41. The van der Waals surface area contributed by atoms with E-state index in [0.717, 1.165) is 0 Å². The zero-order chi connectivity index (χ0) is 25.4. The summed E-state index contributed by atoms with van der Waals surface area (Å²) in [6, 6.07) is 10.7. The Bertz CT molecular complexity index is 1290. The predicted octanol–water partition coefficient (Wildman–Crippen LogP) is 0.720. The van der Waals surface area contributed by atoms with E-state index in [0.29, 0.717) is 0 Å². The molecule has 0 radical (unpaired) electrons. The van der Waals surface area contributed by atoms with E-state index in [1.807, 2.05) is 0 Å². The molecule has 0 unspecified atom stereocenters. The Morgan fingerprint density at radius 1 is 0.771 bits per heavy atom. The van der Waals surface area contributed by atoms with Crippen molar-refractivity contribution in [3.63, 3.8) is 0 Å². The molecule has 1 spiro atoms. The van der Waals surface area contributed by atoms with Crippen LogP contribution >= 0.6 is 0 Å². The Morgan fingerprint density at radius 2 is 1.23 bits per heavy atom. The summed E-state index contributed by atoms with van der Waals surface area (Å²) in [4.78, 5) is 69.0. The maximum atomic E-state index is 13.9. The first-order valence-corrected chi connectivity index (χ1v) is 10.9. The van der Waals surface area contributed by atoms with E-state index in [1.54, 1.807) is 0 Å². The molecular weight excluding hydrogens is 460 g/mol. The first-order valence-electron chi connectivity index (χ1n) is 10.9. The summed E-state index contributed by atoms with van der Waals surface area (Å²) in [5.41, 5.74) is -11.1. The summed E-state index contributed by atoms with van der Waals surface area (Å²) >= 11 is 0. The number of carbonyl (C=O) groups is 5. The Labute approximate surface area is 198 Å². The quantitative estimate of drug-likeness (QED) is 0.473. The summed E-state index contributed by atoms with van der Waals surface area (Å²) in [5, 5.41) is 23.9. The molecule has 10 nitrogen and oxygen atoms in total. The maximum absolute atomic E-state index is 13.9. The minimum Gasteiger partial charge on any atom is -0.465 e. The van der Waals surface area contributed by atoms with E-state index in [2.05, 4.69) is 0 Å². The minimum atomic E-state index is -3.48. The van der Waals surface area contributed by atoms with Gasteiger partial charge in [0.05, 0.1) is 13.2 Å². The highest BCUT2D eigenvalue weighted by atomic mass is 16.7. The number of esters is 2. The third kappa shape index (κ3) is 2.18. The van der Waals surface area contributed by atoms with E-state index >= 15 is 0 Å². The summed E-state index contributed by atoms with van der Waals surface area (Å²) in [5.74, 6) is -10.1. The second-order valence-electron chi connectivity index (χ2n) is 8.41. The zero-order valence-electron chi connectivity index (χ0n) is 18.7. The number of Topliss-reactive ketones (excluding diaryl/α,β-unsaturated/α-hetero) is 3. The average Bonchev–Trinajstić information content (AvgIpc) is 3.26. The predicted molar refractivity (Wildman–Crippen MR) is 114 cm³/mol. The van der Waals surface area contributed by atoms with Crippen LogP contribution in [0.4, 0.5) is 0 Å². The highest BCUT2D eigenvalue weighted by Gasteiger charge is 2.96. The molecule has 0 saturated carbocycles. The monoisotopic (exact) mass is 480 g/mol. The summed E-state index contributed by atoms with van der Waals surface area (Å²) in [6.07, 6.45) is 0. The summed E-state index contributed by atoms with van der Waals surface area (Å²) in [6.45, 7) is 2.05. The van der Waals surface area contributed by atoms with Gasteiger partial charge >= 0.3 is 11.9 Å². The highest BCUT2D eigenvalue weighted by molar-refractivity contribution is 6.38. The van der Waals surface area contributed by atoms with Crippen molar-refractivity contribution in [1.82, 2.24) is 0 Å². The van der Waals surface area contributed by atoms with Crippen LogP contribution in [-0.4, -0.2) is 63.9 Å². The standard InChI is InChI=1S/C25H20O10/c1-3-33-20(29)22(21(30)34-4-2)23(17(26)13-9-5-6-10-14(13)18(23)27)35-25(32)16-12-8-7-11-15(16)19(28)24(22,25)31/h5-12,31-32H,3-4H2,1-2H3/t24-,25+/m0/s1. The van der Waals surface area contributed by atoms with Gasteiger partial charge in [0.1, 0.15) is 0 Å². The van der Waals surface area contributed by atoms with Gasteiger partial charge < -0.3 is 24.4 Å². The fourth-order valence-electron chi connectivity index (χ4n) is 5.57. The van der Waals surface area contributed by atoms with E-state index in [4.69, 9.17) is 14.2 Å². The molecule has 1 aliphatic heterocycles. The molecule has 2 aliphatic carbocycles. The van der Waals surface area contributed by atoms with Crippen molar-refractivity contribution < 1.29 is 48.4 Å². The molecule has 1 fully saturated rings. The fourth-order valence-corrected chi connectivity index (χ4v) is 5.57. The number of carbonyl (C=O) groups excluding carboxylic acids is 5. The van der Waals surface area contributed by atoms with Crippen molar-refractivity contribution in [1.29, 1.82) is 0 Å². The first kappa shape index (κ1) is 23.0. The average molecular weight is 480 g/mol. The SMILES string of the molecule is CCOC(=O)C1(C(=O)OCC)C2(O[C@]3(O)c4ccccc4C(=O)[C@]13O)C(=O)c1ccccc1C2=O. The molecule has 2 aromatic rings. The molecule has 180 valence electrons. The lowest BCUT2D eigenvalue weighted by atomic mass is 9.58. The number of ketones is 3. The molecule has 0 bridgehead atoms. The minimum absolute atomic E-state index is 0.219. The number of aliphatic hydroxyl groups is 2. The number of ether oxygens (including phenoxy) is 3. The van der Waals surface area contributed by atoms with Gasteiger partial charge in [0.2, 0.25) is 39.8 Å². The molecule has 2 aromatic carbocycles. The van der Waals surface area contributed by atoms with Crippen LogP contribution in [0.2, 0.25) is 0 Å². The number of hydrogen-bond donors (Lipinski definition) is 2. The van der Waals surface area contributed by atoms with Gasteiger partial charge in [-0.05, 0) is 13.8 Å². The number of benzene rings is 2. The topological polar surface area (TPSA) is 154 Å². The van der Waals surface area contributed by atoms with Gasteiger partial charge in [0, 0.05) is 22.3 Å². The maximum Gasteiger partial charge on any atom is 0.331 e. The van der Waals surface area contributed by atoms with E-state index < -0.39 is 51.7 Å². The van der Waals surface area contributed by atoms with Gasteiger partial charge in [0.15, 0.2) is 0 Å². The molecular formula is C25H20O10. The van der Waals surface area contributed by atoms with Gasteiger partial charge in [-0.3, -0.25) is 24.0 Å². The van der Waals surface area contributed by atoms with Gasteiger partial charge in [-0.1, -0.05) is 48.5 Å². The van der Waals surface area contributed by atoms with Crippen molar-refractivity contribution in [2.45, 2.75) is 30.8 Å². The Morgan fingerprint density at radius 3 is 1.71 bits per heavy atom. The molecule has 0 aromatic heterocycles. The molecule has 10 heteroatoms. The van der Waals surface area contributed by atoms with Crippen LogP contribution < -0.4 is 0 Å². The largest absolute Gasteiger partial charge is 0.465 e. The molecule has 0 amide bonds. The van der Waals surface area contributed by atoms with Gasteiger partial charge in [-0.2, -0.15) is 0 Å². The molecule has 35 heavy (non-hydrogen) atoms.